The number of hydrogen-bond donors (Lipinski definition) is 2. The average Bonchev–Trinajstić information content (AvgIpc) is 2.67. The topological polar surface area (TPSA) is 62.0 Å². The molecule has 1 saturated heterocycles. The van der Waals surface area contributed by atoms with Crippen molar-refractivity contribution in [2.75, 3.05) is 49.6 Å². The van der Waals surface area contributed by atoms with Crippen molar-refractivity contribution in [1.29, 1.82) is 0 Å². The third-order valence-electron chi connectivity index (χ3n) is 4.57. The minimum Gasteiger partial charge on any atom is -0.495 e. The first-order chi connectivity index (χ1) is 11.7. The van der Waals surface area contributed by atoms with Crippen molar-refractivity contribution in [3.8, 4) is 5.75 Å². The number of aliphatic hydroxyl groups excluding tert-OH is 1. The van der Waals surface area contributed by atoms with E-state index in [0.29, 0.717) is 0 Å². The quantitative estimate of drug-likeness (QED) is 0.880. The Bertz CT molecular complexity index is 652. The van der Waals surface area contributed by atoms with Gasteiger partial charge in [-0.1, -0.05) is 24.3 Å². The molecule has 0 bridgehead atoms. The second kappa shape index (κ2) is 7.55. The molecule has 1 atom stereocenters. The number of nitrogens with zero attached hydrogens (tertiary/aromatic N) is 2. The fraction of sp³-hybridized carbons (Fsp3) is 0.368. The molecule has 2 aromatic rings. The van der Waals surface area contributed by atoms with Gasteiger partial charge in [-0.2, -0.15) is 0 Å². The number of ether oxygens (including phenoxy) is 1. The van der Waals surface area contributed by atoms with E-state index in [2.05, 4.69) is 28.0 Å². The first-order valence-electron chi connectivity index (χ1n) is 8.34. The van der Waals surface area contributed by atoms with Crippen LogP contribution in [0.4, 0.5) is 11.4 Å². The number of piperazine rings is 1. The Hall–Kier alpha value is -2.24. The predicted octanol–water partition coefficient (Wildman–Crippen LogP) is 2.01. The molecule has 24 heavy (non-hydrogen) atoms. The first kappa shape index (κ1) is 16.6. The lowest BCUT2D eigenvalue weighted by Gasteiger charge is -2.38. The molecule has 5 heteroatoms. The van der Waals surface area contributed by atoms with Crippen LogP contribution >= 0.6 is 0 Å². The summed E-state index contributed by atoms with van der Waals surface area (Å²) in [6, 6.07) is 16.2. The van der Waals surface area contributed by atoms with E-state index >= 15 is 0 Å². The van der Waals surface area contributed by atoms with Crippen LogP contribution < -0.4 is 20.3 Å². The predicted molar refractivity (Wildman–Crippen MR) is 97.9 cm³/mol. The van der Waals surface area contributed by atoms with Crippen molar-refractivity contribution in [1.82, 2.24) is 0 Å². The summed E-state index contributed by atoms with van der Waals surface area (Å²) < 4.78 is 5.47. The first-order valence-corrected chi connectivity index (χ1v) is 8.34. The van der Waals surface area contributed by atoms with Crippen molar-refractivity contribution < 1.29 is 9.84 Å². The van der Waals surface area contributed by atoms with Crippen molar-refractivity contribution in [3.63, 3.8) is 0 Å². The van der Waals surface area contributed by atoms with Crippen molar-refractivity contribution in [2.24, 2.45) is 5.73 Å². The molecule has 0 aliphatic carbocycles. The fourth-order valence-electron chi connectivity index (χ4n) is 3.14. The summed E-state index contributed by atoms with van der Waals surface area (Å²) in [6.45, 7) is 4.06. The molecule has 0 aromatic heterocycles. The van der Waals surface area contributed by atoms with Crippen LogP contribution in [0.3, 0.4) is 0 Å². The molecule has 128 valence electrons. The molecular weight excluding hydrogens is 302 g/mol. The molecule has 1 aliphatic rings. The molecule has 1 fully saturated rings. The van der Waals surface area contributed by atoms with Gasteiger partial charge in [0, 0.05) is 38.4 Å². The monoisotopic (exact) mass is 327 g/mol. The highest BCUT2D eigenvalue weighted by molar-refractivity contribution is 5.60. The van der Waals surface area contributed by atoms with Gasteiger partial charge < -0.3 is 25.4 Å². The maximum absolute atomic E-state index is 9.78. The van der Waals surface area contributed by atoms with Crippen LogP contribution in [0.25, 0.3) is 0 Å². The number of rotatable bonds is 5. The molecule has 0 amide bonds. The third-order valence-corrected chi connectivity index (χ3v) is 4.57. The molecule has 5 nitrogen and oxygen atoms in total. The highest BCUT2D eigenvalue weighted by atomic mass is 16.5. The number of methoxy groups -OCH3 is 1. The zero-order valence-corrected chi connectivity index (χ0v) is 14.1. The summed E-state index contributed by atoms with van der Waals surface area (Å²) in [4.78, 5) is 4.73. The number of benzene rings is 2. The van der Waals surface area contributed by atoms with Gasteiger partial charge in [0.1, 0.15) is 5.75 Å². The number of anilines is 2. The number of aliphatic hydroxyl groups is 1. The van der Waals surface area contributed by atoms with Crippen LogP contribution in [-0.2, 0) is 0 Å². The van der Waals surface area contributed by atoms with Gasteiger partial charge in [-0.15, -0.1) is 0 Å². The van der Waals surface area contributed by atoms with Gasteiger partial charge in [0.25, 0.3) is 0 Å². The van der Waals surface area contributed by atoms with Crippen LogP contribution in [-0.4, -0.2) is 44.9 Å². The Labute approximate surface area is 143 Å². The van der Waals surface area contributed by atoms with Crippen molar-refractivity contribution >= 4 is 11.4 Å². The van der Waals surface area contributed by atoms with E-state index in [4.69, 9.17) is 10.5 Å². The summed E-state index contributed by atoms with van der Waals surface area (Å²) in [5.74, 6) is 0.922. The second-order valence-electron chi connectivity index (χ2n) is 5.99. The van der Waals surface area contributed by atoms with Gasteiger partial charge >= 0.3 is 0 Å². The SMILES string of the molecule is COc1ccccc1N1CCN(c2ccc(C(O)CN)cc2)CC1. The molecule has 1 unspecified atom stereocenters. The molecule has 0 radical (unpaired) electrons. The molecule has 0 saturated carbocycles. The minimum absolute atomic E-state index is 0.247. The number of hydrogen-bond acceptors (Lipinski definition) is 5. The van der Waals surface area contributed by atoms with E-state index in [0.717, 1.165) is 43.2 Å². The Balaban J connectivity index is 1.64. The standard InChI is InChI=1S/C19H25N3O2/c1-24-19-5-3-2-4-17(19)22-12-10-21(11-13-22)16-8-6-15(7-9-16)18(23)14-20/h2-9,18,23H,10-14,20H2,1H3. The summed E-state index contributed by atoms with van der Waals surface area (Å²) in [6.07, 6.45) is -0.582. The lowest BCUT2D eigenvalue weighted by molar-refractivity contribution is 0.187. The van der Waals surface area contributed by atoms with Crippen molar-refractivity contribution in [3.05, 3.63) is 54.1 Å². The van der Waals surface area contributed by atoms with E-state index < -0.39 is 6.10 Å². The minimum atomic E-state index is -0.582. The zero-order chi connectivity index (χ0) is 16.9. The Morgan fingerprint density at radius 2 is 1.62 bits per heavy atom. The smallest absolute Gasteiger partial charge is 0.142 e. The van der Waals surface area contributed by atoms with Gasteiger partial charge in [-0.25, -0.2) is 0 Å². The van der Waals surface area contributed by atoms with E-state index in [9.17, 15) is 5.11 Å². The molecule has 1 aliphatic heterocycles. The Kier molecular flexibility index (Phi) is 5.23. The van der Waals surface area contributed by atoms with Gasteiger partial charge in [0.2, 0.25) is 0 Å². The van der Waals surface area contributed by atoms with E-state index in [1.54, 1.807) is 7.11 Å². The van der Waals surface area contributed by atoms with E-state index in [1.165, 1.54) is 5.69 Å². The third kappa shape index (κ3) is 3.47. The number of nitrogens with two attached hydrogens (primary N) is 1. The maximum Gasteiger partial charge on any atom is 0.142 e. The van der Waals surface area contributed by atoms with E-state index in [1.807, 2.05) is 30.3 Å². The van der Waals surface area contributed by atoms with Gasteiger partial charge in [-0.3, -0.25) is 0 Å². The van der Waals surface area contributed by atoms with Crippen LogP contribution in [0, 0.1) is 0 Å². The van der Waals surface area contributed by atoms with Crippen molar-refractivity contribution in [2.45, 2.75) is 6.10 Å². The highest BCUT2D eigenvalue weighted by Crippen LogP contribution is 2.29. The summed E-state index contributed by atoms with van der Waals surface area (Å²) in [7, 11) is 1.71. The zero-order valence-electron chi connectivity index (χ0n) is 14.1. The Morgan fingerprint density at radius 1 is 1.00 bits per heavy atom. The number of para-hydroxylation sites is 2. The van der Waals surface area contributed by atoms with Crippen LogP contribution in [0.5, 0.6) is 5.75 Å². The summed E-state index contributed by atoms with van der Waals surface area (Å²) in [5, 5.41) is 9.78. The van der Waals surface area contributed by atoms with Gasteiger partial charge in [0.05, 0.1) is 18.9 Å². The van der Waals surface area contributed by atoms with Crippen LogP contribution in [0.2, 0.25) is 0 Å². The average molecular weight is 327 g/mol. The normalized spacial score (nSPS) is 16.1. The lowest BCUT2D eigenvalue weighted by atomic mass is 10.1. The molecular formula is C19H25N3O2. The molecule has 3 rings (SSSR count). The van der Waals surface area contributed by atoms with Crippen LogP contribution in [0.1, 0.15) is 11.7 Å². The molecule has 0 spiro atoms. The summed E-state index contributed by atoms with van der Waals surface area (Å²) >= 11 is 0. The highest BCUT2D eigenvalue weighted by Gasteiger charge is 2.19. The van der Waals surface area contributed by atoms with E-state index in [-0.39, 0.29) is 6.54 Å². The Morgan fingerprint density at radius 3 is 2.25 bits per heavy atom. The largest absolute Gasteiger partial charge is 0.495 e. The maximum atomic E-state index is 9.78. The molecule has 3 N–H and O–H groups in total. The van der Waals surface area contributed by atoms with Crippen LogP contribution in [0.15, 0.2) is 48.5 Å². The lowest BCUT2D eigenvalue weighted by Crippen LogP contribution is -2.46. The second-order valence-corrected chi connectivity index (χ2v) is 5.99. The van der Waals surface area contributed by atoms with Gasteiger partial charge in [0.15, 0.2) is 0 Å². The molecule has 2 aromatic carbocycles. The van der Waals surface area contributed by atoms with Gasteiger partial charge in [-0.05, 0) is 29.8 Å². The fourth-order valence-corrected chi connectivity index (χ4v) is 3.14. The molecule has 1 heterocycles. The summed E-state index contributed by atoms with van der Waals surface area (Å²) in [5.41, 5.74) is 8.71.